The van der Waals surface area contributed by atoms with Gasteiger partial charge in [-0.2, -0.15) is 10.1 Å². The van der Waals surface area contributed by atoms with Crippen molar-refractivity contribution in [3.05, 3.63) is 63.8 Å². The summed E-state index contributed by atoms with van der Waals surface area (Å²) in [4.78, 5) is 17.4. The summed E-state index contributed by atoms with van der Waals surface area (Å²) in [5.74, 6) is 0.143. The molecule has 0 aliphatic carbocycles. The van der Waals surface area contributed by atoms with E-state index in [1.807, 2.05) is 20.8 Å². The number of benzene rings is 1. The van der Waals surface area contributed by atoms with Gasteiger partial charge in [0.15, 0.2) is 5.82 Å². The summed E-state index contributed by atoms with van der Waals surface area (Å²) in [6.45, 7) is 11.5. The molecule has 0 spiro atoms. The second-order valence-corrected chi connectivity index (χ2v) is 9.15. The van der Waals surface area contributed by atoms with Gasteiger partial charge in [0.2, 0.25) is 5.89 Å². The van der Waals surface area contributed by atoms with Crippen molar-refractivity contribution in [2.24, 2.45) is 0 Å². The van der Waals surface area contributed by atoms with Gasteiger partial charge in [-0.1, -0.05) is 49.7 Å². The van der Waals surface area contributed by atoms with Crippen molar-refractivity contribution in [2.75, 3.05) is 0 Å². The van der Waals surface area contributed by atoms with Gasteiger partial charge in [0.25, 0.3) is 5.91 Å². The van der Waals surface area contributed by atoms with Crippen LogP contribution in [-0.2, 0) is 17.5 Å². The molecule has 1 aromatic carbocycles. The molecule has 1 N–H and O–H groups in total. The zero-order valence-electron chi connectivity index (χ0n) is 17.9. The van der Waals surface area contributed by atoms with Crippen molar-refractivity contribution < 1.29 is 13.7 Å². The predicted molar refractivity (Wildman–Crippen MR) is 111 cm³/mol. The van der Waals surface area contributed by atoms with E-state index in [2.05, 4.69) is 20.6 Å². The van der Waals surface area contributed by atoms with E-state index in [4.69, 9.17) is 16.1 Å². The number of carbonyl (C=O) groups is 1. The number of hydrogen-bond acceptors (Lipinski definition) is 5. The van der Waals surface area contributed by atoms with Crippen molar-refractivity contribution in [2.45, 2.75) is 59.0 Å². The molecule has 3 aromatic rings. The van der Waals surface area contributed by atoms with E-state index in [0.717, 1.165) is 5.56 Å². The Morgan fingerprint density at radius 1 is 1.20 bits per heavy atom. The standard InChI is InChI=1S/C21H25ClFN5O2/c1-12-15(16(22)28(26-12)11-13-7-9-14(23)10-8-13)17(29)25-21(5,6)18-24-19(30-27-18)20(2,3)4/h7-10H,11H2,1-6H3,(H,25,29). The Balaban J connectivity index is 1.82. The van der Waals surface area contributed by atoms with Crippen LogP contribution in [-0.4, -0.2) is 25.8 Å². The number of hydrogen-bond donors (Lipinski definition) is 1. The van der Waals surface area contributed by atoms with E-state index in [1.54, 1.807) is 32.9 Å². The summed E-state index contributed by atoms with van der Waals surface area (Å²) < 4.78 is 20.0. The third-order valence-electron chi connectivity index (χ3n) is 4.59. The summed E-state index contributed by atoms with van der Waals surface area (Å²) in [5, 5.41) is 11.5. The van der Waals surface area contributed by atoms with E-state index in [0.29, 0.717) is 24.0 Å². The lowest BCUT2D eigenvalue weighted by Crippen LogP contribution is -2.42. The fourth-order valence-electron chi connectivity index (χ4n) is 2.86. The number of nitrogens with zero attached hydrogens (tertiary/aromatic N) is 4. The van der Waals surface area contributed by atoms with Crippen molar-refractivity contribution in [1.82, 2.24) is 25.2 Å². The molecule has 30 heavy (non-hydrogen) atoms. The number of aryl methyl sites for hydroxylation is 1. The minimum atomic E-state index is -0.890. The van der Waals surface area contributed by atoms with Gasteiger partial charge in [-0.15, -0.1) is 0 Å². The number of aromatic nitrogens is 4. The molecule has 0 aliphatic heterocycles. The first-order valence-electron chi connectivity index (χ1n) is 9.53. The van der Waals surface area contributed by atoms with Gasteiger partial charge in [-0.25, -0.2) is 9.07 Å². The minimum absolute atomic E-state index is 0.202. The Kier molecular flexibility index (Phi) is 5.73. The molecule has 0 fully saturated rings. The van der Waals surface area contributed by atoms with Gasteiger partial charge in [-0.05, 0) is 38.5 Å². The molecule has 0 saturated heterocycles. The molecule has 160 valence electrons. The van der Waals surface area contributed by atoms with Crippen LogP contribution in [0.25, 0.3) is 0 Å². The average molecular weight is 434 g/mol. The number of halogens is 2. The zero-order valence-corrected chi connectivity index (χ0v) is 18.6. The SMILES string of the molecule is Cc1nn(Cc2ccc(F)cc2)c(Cl)c1C(=O)NC(C)(C)c1noc(C(C)(C)C)n1. The smallest absolute Gasteiger partial charge is 0.257 e. The van der Waals surface area contributed by atoms with Crippen LogP contribution < -0.4 is 5.32 Å². The third kappa shape index (κ3) is 4.53. The fourth-order valence-corrected chi connectivity index (χ4v) is 3.18. The Morgan fingerprint density at radius 2 is 1.83 bits per heavy atom. The summed E-state index contributed by atoms with van der Waals surface area (Å²) in [7, 11) is 0. The normalized spacial score (nSPS) is 12.3. The molecule has 9 heteroatoms. The molecule has 0 atom stereocenters. The van der Waals surface area contributed by atoms with E-state index < -0.39 is 11.4 Å². The van der Waals surface area contributed by atoms with Gasteiger partial charge in [0, 0.05) is 5.41 Å². The van der Waals surface area contributed by atoms with Gasteiger partial charge >= 0.3 is 0 Å². The lowest BCUT2D eigenvalue weighted by atomic mass is 9.97. The lowest BCUT2D eigenvalue weighted by molar-refractivity contribution is 0.0907. The summed E-state index contributed by atoms with van der Waals surface area (Å²) in [6.07, 6.45) is 0. The first-order chi connectivity index (χ1) is 13.9. The monoisotopic (exact) mass is 433 g/mol. The number of rotatable bonds is 5. The molecule has 1 amide bonds. The molecule has 0 radical (unpaired) electrons. The summed E-state index contributed by atoms with van der Waals surface area (Å²) in [6, 6.07) is 6.03. The predicted octanol–water partition coefficient (Wildman–Crippen LogP) is 4.38. The molecule has 0 aliphatic rings. The molecule has 0 bridgehead atoms. The van der Waals surface area contributed by atoms with Gasteiger partial charge < -0.3 is 9.84 Å². The molecule has 2 heterocycles. The van der Waals surface area contributed by atoms with E-state index >= 15 is 0 Å². The molecule has 0 saturated carbocycles. The van der Waals surface area contributed by atoms with Crippen LogP contribution in [0.5, 0.6) is 0 Å². The van der Waals surface area contributed by atoms with Crippen molar-refractivity contribution >= 4 is 17.5 Å². The van der Waals surface area contributed by atoms with Gasteiger partial charge in [-0.3, -0.25) is 4.79 Å². The fraction of sp³-hybridized carbons (Fsp3) is 0.429. The van der Waals surface area contributed by atoms with Crippen LogP contribution in [0.4, 0.5) is 4.39 Å². The second-order valence-electron chi connectivity index (χ2n) is 8.79. The van der Waals surface area contributed by atoms with Gasteiger partial charge in [0.05, 0.1) is 23.3 Å². The van der Waals surface area contributed by atoms with E-state index in [-0.39, 0.29) is 21.9 Å². The highest BCUT2D eigenvalue weighted by molar-refractivity contribution is 6.33. The summed E-state index contributed by atoms with van der Waals surface area (Å²) in [5.41, 5.74) is 0.380. The zero-order chi connectivity index (χ0) is 22.3. The maximum atomic E-state index is 13.1. The highest BCUT2D eigenvalue weighted by atomic mass is 35.5. The van der Waals surface area contributed by atoms with Crippen LogP contribution in [0.15, 0.2) is 28.8 Å². The largest absolute Gasteiger partial charge is 0.340 e. The maximum absolute atomic E-state index is 13.1. The molecular weight excluding hydrogens is 409 g/mol. The Morgan fingerprint density at radius 3 is 2.40 bits per heavy atom. The molecule has 0 unspecified atom stereocenters. The number of nitrogens with one attached hydrogen (secondary N) is 1. The average Bonchev–Trinajstić information content (AvgIpc) is 3.23. The Hall–Kier alpha value is -2.74. The highest BCUT2D eigenvalue weighted by Crippen LogP contribution is 2.26. The van der Waals surface area contributed by atoms with Crippen LogP contribution in [0.1, 0.15) is 67.9 Å². The molecule has 3 rings (SSSR count). The van der Waals surface area contributed by atoms with E-state index in [9.17, 15) is 9.18 Å². The number of carbonyl (C=O) groups excluding carboxylic acids is 1. The quantitative estimate of drug-likeness (QED) is 0.645. The first kappa shape index (κ1) is 22.0. The van der Waals surface area contributed by atoms with Crippen molar-refractivity contribution in [1.29, 1.82) is 0 Å². The first-order valence-corrected chi connectivity index (χ1v) is 9.91. The second kappa shape index (κ2) is 7.83. The van der Waals surface area contributed by atoms with Crippen molar-refractivity contribution in [3.63, 3.8) is 0 Å². The van der Waals surface area contributed by atoms with Crippen LogP contribution >= 0.6 is 11.6 Å². The third-order valence-corrected chi connectivity index (χ3v) is 4.97. The maximum Gasteiger partial charge on any atom is 0.257 e. The minimum Gasteiger partial charge on any atom is -0.340 e. The molecular formula is C21H25ClFN5O2. The van der Waals surface area contributed by atoms with Gasteiger partial charge in [0.1, 0.15) is 11.0 Å². The van der Waals surface area contributed by atoms with Crippen LogP contribution in [0.3, 0.4) is 0 Å². The molecule has 7 nitrogen and oxygen atoms in total. The lowest BCUT2D eigenvalue weighted by Gasteiger charge is -2.22. The Labute approximate surface area is 179 Å². The number of amides is 1. The van der Waals surface area contributed by atoms with Crippen molar-refractivity contribution in [3.8, 4) is 0 Å². The van der Waals surface area contributed by atoms with Crippen LogP contribution in [0, 0.1) is 12.7 Å². The van der Waals surface area contributed by atoms with E-state index in [1.165, 1.54) is 16.8 Å². The highest BCUT2D eigenvalue weighted by Gasteiger charge is 2.33. The topological polar surface area (TPSA) is 85.8 Å². The van der Waals surface area contributed by atoms with Crippen LogP contribution in [0.2, 0.25) is 5.15 Å². The Bertz CT molecular complexity index is 1060. The summed E-state index contributed by atoms with van der Waals surface area (Å²) >= 11 is 6.46. The molecule has 2 aromatic heterocycles.